The fourth-order valence-corrected chi connectivity index (χ4v) is 1.66. The molecule has 14 heavy (non-hydrogen) atoms. The molecule has 4 nitrogen and oxygen atoms in total. The van der Waals surface area contributed by atoms with Gasteiger partial charge in [-0.1, -0.05) is 0 Å². The van der Waals surface area contributed by atoms with Gasteiger partial charge in [-0.05, 0) is 18.8 Å². The van der Waals surface area contributed by atoms with Crippen molar-refractivity contribution in [1.82, 2.24) is 15.3 Å². The number of nitrogens with one attached hydrogen (secondary N) is 2. The van der Waals surface area contributed by atoms with Crippen molar-refractivity contribution in [2.75, 3.05) is 13.7 Å². The number of aromatic nitrogens is 2. The molecule has 2 N–H and O–H groups in total. The van der Waals surface area contributed by atoms with Crippen LogP contribution in [0.1, 0.15) is 18.5 Å². The van der Waals surface area contributed by atoms with Gasteiger partial charge in [0.15, 0.2) is 0 Å². The molecule has 1 unspecified atom stereocenters. The summed E-state index contributed by atoms with van der Waals surface area (Å²) in [6.45, 7) is 1.66. The van der Waals surface area contributed by atoms with Crippen molar-refractivity contribution in [2.45, 2.75) is 25.4 Å². The monoisotopic (exact) mass is 195 g/mol. The van der Waals surface area contributed by atoms with Crippen LogP contribution in [-0.4, -0.2) is 29.7 Å². The van der Waals surface area contributed by atoms with Crippen molar-refractivity contribution < 1.29 is 4.74 Å². The number of hydrogen-bond donors (Lipinski definition) is 2. The minimum Gasteiger partial charge on any atom is -0.383 e. The summed E-state index contributed by atoms with van der Waals surface area (Å²) in [4.78, 5) is 7.06. The van der Waals surface area contributed by atoms with Gasteiger partial charge in [0, 0.05) is 31.6 Å². The summed E-state index contributed by atoms with van der Waals surface area (Å²) in [6, 6.07) is 0.503. The van der Waals surface area contributed by atoms with Crippen LogP contribution in [0.4, 0.5) is 0 Å². The maximum Gasteiger partial charge on any atom is 0.0922 e. The Morgan fingerprint density at radius 3 is 3.14 bits per heavy atom. The average molecular weight is 195 g/mol. The van der Waals surface area contributed by atoms with E-state index in [0.29, 0.717) is 6.04 Å². The molecule has 1 aliphatic rings. The zero-order chi connectivity index (χ0) is 9.80. The molecule has 1 heterocycles. The molecule has 0 bridgehead atoms. The van der Waals surface area contributed by atoms with E-state index < -0.39 is 0 Å². The molecule has 0 saturated heterocycles. The zero-order valence-electron chi connectivity index (χ0n) is 8.49. The molecule has 1 atom stereocenters. The molecule has 1 fully saturated rings. The second-order valence-corrected chi connectivity index (χ2v) is 3.86. The summed E-state index contributed by atoms with van der Waals surface area (Å²) in [5, 5.41) is 3.49. The highest BCUT2D eigenvalue weighted by Crippen LogP contribution is 2.32. The van der Waals surface area contributed by atoms with E-state index in [4.69, 9.17) is 4.74 Å². The predicted molar refractivity (Wildman–Crippen MR) is 53.8 cm³/mol. The van der Waals surface area contributed by atoms with Crippen molar-refractivity contribution in [3.05, 3.63) is 18.2 Å². The van der Waals surface area contributed by atoms with Gasteiger partial charge in [-0.3, -0.25) is 0 Å². The Labute approximate surface area is 84.1 Å². The predicted octanol–water partition coefficient (Wildman–Crippen LogP) is 0.924. The molecule has 0 spiro atoms. The highest BCUT2D eigenvalue weighted by Gasteiger charge is 2.30. The van der Waals surface area contributed by atoms with Gasteiger partial charge in [0.05, 0.1) is 12.9 Å². The number of H-pyrrole nitrogens is 1. The van der Waals surface area contributed by atoms with E-state index in [1.165, 1.54) is 12.8 Å². The lowest BCUT2D eigenvalue weighted by molar-refractivity contribution is 0.157. The van der Waals surface area contributed by atoms with Crippen molar-refractivity contribution >= 4 is 0 Å². The van der Waals surface area contributed by atoms with Gasteiger partial charge in [-0.2, -0.15) is 0 Å². The molecular formula is C10H17N3O. The summed E-state index contributed by atoms with van der Waals surface area (Å²) < 4.78 is 5.19. The molecule has 0 radical (unpaired) electrons. The summed E-state index contributed by atoms with van der Waals surface area (Å²) in [5.41, 5.74) is 1.13. The summed E-state index contributed by atoms with van der Waals surface area (Å²) in [6.07, 6.45) is 6.23. The Morgan fingerprint density at radius 1 is 1.71 bits per heavy atom. The normalized spacial score (nSPS) is 18.4. The lowest BCUT2D eigenvalue weighted by Crippen LogP contribution is -2.34. The van der Waals surface area contributed by atoms with E-state index in [1.54, 1.807) is 13.4 Å². The fourth-order valence-electron chi connectivity index (χ4n) is 1.66. The first-order valence-electron chi connectivity index (χ1n) is 5.09. The first kappa shape index (κ1) is 9.68. The minimum absolute atomic E-state index is 0.503. The number of aromatic amines is 1. The summed E-state index contributed by atoms with van der Waals surface area (Å²) in [5.74, 6) is 0.817. The number of imidazole rings is 1. The fraction of sp³-hybridized carbons (Fsp3) is 0.700. The number of nitrogens with zero attached hydrogens (tertiary/aromatic N) is 1. The topological polar surface area (TPSA) is 49.9 Å². The maximum absolute atomic E-state index is 5.19. The number of rotatable bonds is 6. The van der Waals surface area contributed by atoms with Gasteiger partial charge in [0.25, 0.3) is 0 Å². The van der Waals surface area contributed by atoms with Crippen LogP contribution in [0.3, 0.4) is 0 Å². The molecule has 2 rings (SSSR count). The molecule has 1 aliphatic carbocycles. The van der Waals surface area contributed by atoms with Crippen LogP contribution in [0.2, 0.25) is 0 Å². The third kappa shape index (κ3) is 2.56. The highest BCUT2D eigenvalue weighted by atomic mass is 16.5. The van der Waals surface area contributed by atoms with E-state index in [2.05, 4.69) is 15.3 Å². The van der Waals surface area contributed by atoms with Crippen LogP contribution >= 0.6 is 0 Å². The SMILES string of the molecule is COCC(NCc1cnc[nH]1)C1CC1. The largest absolute Gasteiger partial charge is 0.383 e. The van der Waals surface area contributed by atoms with Gasteiger partial charge in [0.1, 0.15) is 0 Å². The molecule has 0 amide bonds. The van der Waals surface area contributed by atoms with Crippen molar-refractivity contribution in [1.29, 1.82) is 0 Å². The Hall–Kier alpha value is -0.870. The van der Waals surface area contributed by atoms with E-state index in [0.717, 1.165) is 24.8 Å². The first-order valence-corrected chi connectivity index (χ1v) is 5.09. The molecule has 1 saturated carbocycles. The van der Waals surface area contributed by atoms with Crippen LogP contribution in [-0.2, 0) is 11.3 Å². The van der Waals surface area contributed by atoms with E-state index in [-0.39, 0.29) is 0 Å². The average Bonchev–Trinajstić information content (AvgIpc) is 2.90. The van der Waals surface area contributed by atoms with E-state index in [1.807, 2.05) is 6.20 Å². The number of ether oxygens (including phenoxy) is 1. The van der Waals surface area contributed by atoms with Gasteiger partial charge in [-0.15, -0.1) is 0 Å². The van der Waals surface area contributed by atoms with E-state index >= 15 is 0 Å². The molecule has 4 heteroatoms. The van der Waals surface area contributed by atoms with Crippen molar-refractivity contribution in [2.24, 2.45) is 5.92 Å². The molecular weight excluding hydrogens is 178 g/mol. The van der Waals surface area contributed by atoms with Gasteiger partial charge < -0.3 is 15.0 Å². The number of hydrogen-bond acceptors (Lipinski definition) is 3. The molecule has 1 aromatic rings. The third-order valence-electron chi connectivity index (χ3n) is 2.65. The van der Waals surface area contributed by atoms with Gasteiger partial charge >= 0.3 is 0 Å². The minimum atomic E-state index is 0.503. The second kappa shape index (κ2) is 4.57. The molecule has 0 aromatic carbocycles. The lowest BCUT2D eigenvalue weighted by atomic mass is 10.2. The second-order valence-electron chi connectivity index (χ2n) is 3.86. The Balaban J connectivity index is 1.76. The highest BCUT2D eigenvalue weighted by molar-refractivity contribution is 4.95. The Kier molecular flexibility index (Phi) is 3.16. The van der Waals surface area contributed by atoms with Gasteiger partial charge in [0.2, 0.25) is 0 Å². The molecule has 78 valence electrons. The summed E-state index contributed by atoms with van der Waals surface area (Å²) in [7, 11) is 1.76. The zero-order valence-corrected chi connectivity index (χ0v) is 8.49. The quantitative estimate of drug-likeness (QED) is 0.709. The number of methoxy groups -OCH3 is 1. The van der Waals surface area contributed by atoms with Gasteiger partial charge in [-0.25, -0.2) is 4.98 Å². The van der Waals surface area contributed by atoms with Crippen LogP contribution in [0.25, 0.3) is 0 Å². The smallest absolute Gasteiger partial charge is 0.0922 e. The Bertz CT molecular complexity index is 256. The van der Waals surface area contributed by atoms with E-state index in [9.17, 15) is 0 Å². The summed E-state index contributed by atoms with van der Waals surface area (Å²) >= 11 is 0. The van der Waals surface area contributed by atoms with Crippen LogP contribution in [0.5, 0.6) is 0 Å². The van der Waals surface area contributed by atoms with Crippen molar-refractivity contribution in [3.8, 4) is 0 Å². The van der Waals surface area contributed by atoms with Crippen LogP contribution in [0, 0.1) is 5.92 Å². The van der Waals surface area contributed by atoms with Crippen LogP contribution in [0.15, 0.2) is 12.5 Å². The Morgan fingerprint density at radius 2 is 2.57 bits per heavy atom. The standard InChI is InChI=1S/C10H17N3O/c1-14-6-10(8-2-3-8)12-5-9-4-11-7-13-9/h4,7-8,10,12H,2-3,5-6H2,1H3,(H,11,13). The molecule has 1 aromatic heterocycles. The maximum atomic E-state index is 5.19. The first-order chi connectivity index (χ1) is 6.90. The van der Waals surface area contributed by atoms with Crippen molar-refractivity contribution in [3.63, 3.8) is 0 Å². The lowest BCUT2D eigenvalue weighted by Gasteiger charge is -2.16. The molecule has 0 aliphatic heterocycles. The van der Waals surface area contributed by atoms with Crippen LogP contribution < -0.4 is 5.32 Å². The third-order valence-corrected chi connectivity index (χ3v) is 2.65.